The zero-order chi connectivity index (χ0) is 14.3. The molecule has 9 heteroatoms. The molecule has 0 saturated carbocycles. The molecular weight excluding hydrogens is 341 g/mol. The predicted molar refractivity (Wildman–Crippen MR) is 66.6 cm³/mol. The van der Waals surface area contributed by atoms with E-state index >= 15 is 0 Å². The van der Waals surface area contributed by atoms with E-state index in [2.05, 4.69) is 26.1 Å². The maximum Gasteiger partial charge on any atom is 0.438 e. The molecule has 0 aromatic carbocycles. The van der Waals surface area contributed by atoms with Crippen LogP contribution in [0.3, 0.4) is 0 Å². The van der Waals surface area contributed by atoms with Gasteiger partial charge in [-0.15, -0.1) is 5.06 Å². The van der Waals surface area contributed by atoms with Gasteiger partial charge in [-0.1, -0.05) is 0 Å². The third-order valence-electron chi connectivity index (χ3n) is 2.07. The van der Waals surface area contributed by atoms with Gasteiger partial charge in [-0.3, -0.25) is 4.84 Å². The molecule has 0 saturated heterocycles. The number of methoxy groups -OCH3 is 1. The molecule has 0 aliphatic heterocycles. The van der Waals surface area contributed by atoms with Gasteiger partial charge < -0.3 is 20.9 Å². The van der Waals surface area contributed by atoms with Crippen molar-refractivity contribution in [2.45, 2.75) is 20.5 Å². The number of amides is 1. The van der Waals surface area contributed by atoms with E-state index in [9.17, 15) is 4.79 Å². The number of nitrogens with zero attached hydrogens (tertiary/aromatic N) is 4. The first-order valence-electron chi connectivity index (χ1n) is 5.37. The van der Waals surface area contributed by atoms with E-state index < -0.39 is 6.09 Å². The smallest absolute Gasteiger partial charge is 0.438 e. The Hall–Kier alpha value is -1.12. The molecule has 0 N–H and O–H groups in total. The van der Waals surface area contributed by atoms with Crippen LogP contribution in [0.2, 0.25) is 0 Å². The minimum atomic E-state index is -0.693. The minimum absolute atomic E-state index is 0. The van der Waals surface area contributed by atoms with Crippen LogP contribution in [0.1, 0.15) is 18.4 Å². The second kappa shape index (κ2) is 9.74. The maximum atomic E-state index is 11.6. The van der Waals surface area contributed by atoms with Gasteiger partial charge in [0.2, 0.25) is 0 Å². The normalized spacial score (nSPS) is 10.0. The first-order valence-corrected chi connectivity index (χ1v) is 5.37. The summed E-state index contributed by atoms with van der Waals surface area (Å²) in [5.41, 5.74) is 0.769. The van der Waals surface area contributed by atoms with E-state index in [0.717, 1.165) is 5.06 Å². The van der Waals surface area contributed by atoms with Crippen LogP contribution in [0.15, 0.2) is 11.4 Å². The fourth-order valence-electron chi connectivity index (χ4n) is 1.30. The third kappa shape index (κ3) is 5.11. The summed E-state index contributed by atoms with van der Waals surface area (Å²) < 4.78 is 4.60. The molecule has 20 heavy (non-hydrogen) atoms. The van der Waals surface area contributed by atoms with Crippen LogP contribution in [0.4, 0.5) is 10.5 Å². The van der Waals surface area contributed by atoms with Crippen molar-refractivity contribution in [2.75, 3.05) is 19.3 Å². The summed E-state index contributed by atoms with van der Waals surface area (Å²) in [4.78, 5) is 29.7. The summed E-state index contributed by atoms with van der Waals surface area (Å²) in [6.07, 6.45) is 3.22. The van der Waals surface area contributed by atoms with Crippen molar-refractivity contribution < 1.29 is 51.9 Å². The van der Waals surface area contributed by atoms with Gasteiger partial charge >= 0.3 is 6.09 Å². The third-order valence-corrected chi connectivity index (χ3v) is 2.07. The number of aromatic nitrogens is 2. The molecule has 1 radical (unpaired) electrons. The number of hydrogen-bond acceptors (Lipinski definition) is 7. The van der Waals surface area contributed by atoms with Crippen LogP contribution in [0.25, 0.3) is 0 Å². The number of anilines is 1. The second-order valence-electron chi connectivity index (χ2n) is 3.28. The summed E-state index contributed by atoms with van der Waals surface area (Å²) >= 11 is 0. The van der Waals surface area contributed by atoms with Crippen LogP contribution < -0.4 is 5.06 Å². The molecule has 0 atom stereocenters. The van der Waals surface area contributed by atoms with Crippen molar-refractivity contribution in [1.82, 2.24) is 9.97 Å². The summed E-state index contributed by atoms with van der Waals surface area (Å²) in [6.45, 7) is 3.37. The molecule has 1 heterocycles. The summed E-state index contributed by atoms with van der Waals surface area (Å²) in [5, 5.41) is 4.43. The number of aryl methyl sites for hydroxylation is 1. The summed E-state index contributed by atoms with van der Waals surface area (Å²) in [5.74, 6) is 0.535. The Morgan fingerprint density at radius 2 is 2.20 bits per heavy atom. The monoisotopic (exact) mass is 356 g/mol. The van der Waals surface area contributed by atoms with Gasteiger partial charge in [0.1, 0.15) is 17.2 Å². The van der Waals surface area contributed by atoms with E-state index in [4.69, 9.17) is 9.68 Å². The Labute approximate surface area is 142 Å². The zero-order valence-electron chi connectivity index (χ0n) is 11.8. The first kappa shape index (κ1) is 18.9. The molecule has 0 aliphatic carbocycles. The average Bonchev–Trinajstić information content (AvgIpc) is 2.41. The minimum Gasteiger partial charge on any atom is -0.451 e. The largest absolute Gasteiger partial charge is 0.451 e. The van der Waals surface area contributed by atoms with E-state index in [-0.39, 0.29) is 39.3 Å². The van der Waals surface area contributed by atoms with Crippen LogP contribution in [0, 0.1) is 6.92 Å². The Balaban J connectivity index is 0.00000361. The van der Waals surface area contributed by atoms with Crippen molar-refractivity contribution in [2.24, 2.45) is 5.16 Å². The average molecular weight is 356 g/mol. The van der Waals surface area contributed by atoms with Crippen molar-refractivity contribution in [1.29, 1.82) is 0 Å². The Morgan fingerprint density at radius 3 is 2.75 bits per heavy atom. The molecule has 8 nitrogen and oxygen atoms in total. The van der Waals surface area contributed by atoms with Gasteiger partial charge in [-0.25, -0.2) is 14.8 Å². The molecule has 1 rings (SSSR count). The second-order valence-corrected chi connectivity index (χ2v) is 3.28. The molecule has 0 bridgehead atoms. The Kier molecular flexibility index (Phi) is 9.19. The van der Waals surface area contributed by atoms with Gasteiger partial charge in [0.05, 0.1) is 20.4 Å². The summed E-state index contributed by atoms with van der Waals surface area (Å²) in [7, 11) is 2.58. The topological polar surface area (TPSA) is 86.1 Å². The molecule has 0 fully saturated rings. The number of rotatable bonds is 5. The molecule has 1 amide bonds. The van der Waals surface area contributed by atoms with Gasteiger partial charge in [0.25, 0.3) is 0 Å². The number of carbonyl (C=O) groups is 1. The van der Waals surface area contributed by atoms with Gasteiger partial charge in [0.15, 0.2) is 6.61 Å². The number of hydroxylamine groups is 1. The molecule has 0 aliphatic rings. The summed E-state index contributed by atoms with van der Waals surface area (Å²) in [6, 6.07) is 0. The van der Waals surface area contributed by atoms with Crippen LogP contribution in [-0.2, 0) is 53.7 Å². The standard InChI is InChI=1S/C11H15N4O4.Y/c1-5-13-19-7-9-10(6-12-8(2)14-9)15(18-4)11(16)17-3;/h6H,7H2,1-4H3;/q-1;. The van der Waals surface area contributed by atoms with Crippen molar-refractivity contribution in [3.8, 4) is 0 Å². The SMILES string of the molecule is C[C-]=NOCc1nc(C)ncc1N(OC)C(=O)OC.[Y]. The Bertz CT molecular complexity index is 470. The first-order chi connectivity index (χ1) is 9.13. The maximum absolute atomic E-state index is 11.6. The van der Waals surface area contributed by atoms with Crippen molar-refractivity contribution in [3.63, 3.8) is 0 Å². The van der Waals surface area contributed by atoms with E-state index in [1.807, 2.05) is 0 Å². The van der Waals surface area contributed by atoms with Gasteiger partial charge in [-0.05, 0) is 6.92 Å². The quantitative estimate of drug-likeness (QED) is 0.449. The fraction of sp³-hybridized carbons (Fsp3) is 0.455. The molecule has 1 aromatic heterocycles. The molecular formula is C11H15N4O4Y-. The van der Waals surface area contributed by atoms with Crippen LogP contribution in [0.5, 0.6) is 0 Å². The van der Waals surface area contributed by atoms with Crippen molar-refractivity contribution >= 4 is 18.0 Å². The molecule has 0 spiro atoms. The molecule has 0 unspecified atom stereocenters. The predicted octanol–water partition coefficient (Wildman–Crippen LogP) is 1.32. The molecule has 107 valence electrons. The number of hydrogen-bond donors (Lipinski definition) is 0. The Morgan fingerprint density at radius 1 is 1.50 bits per heavy atom. The van der Waals surface area contributed by atoms with Crippen LogP contribution >= 0.6 is 0 Å². The van der Waals surface area contributed by atoms with Gasteiger partial charge in [-0.2, -0.15) is 6.92 Å². The van der Waals surface area contributed by atoms with Crippen molar-refractivity contribution in [3.05, 3.63) is 17.7 Å². The zero-order valence-corrected chi connectivity index (χ0v) is 14.6. The van der Waals surface area contributed by atoms with E-state index in [1.165, 1.54) is 20.4 Å². The van der Waals surface area contributed by atoms with E-state index in [1.54, 1.807) is 13.8 Å². The number of ether oxygens (including phenoxy) is 1. The van der Waals surface area contributed by atoms with Crippen LogP contribution in [-0.4, -0.2) is 36.5 Å². The van der Waals surface area contributed by atoms with E-state index in [0.29, 0.717) is 17.2 Å². The molecule has 1 aromatic rings. The number of carbonyl (C=O) groups excluding carboxylic acids is 1. The fourth-order valence-corrected chi connectivity index (χ4v) is 1.30. The van der Waals surface area contributed by atoms with Gasteiger partial charge in [0, 0.05) is 32.7 Å².